The molecule has 130 valence electrons. The van der Waals surface area contributed by atoms with Gasteiger partial charge in [-0.2, -0.15) is 5.10 Å². The Morgan fingerprint density at radius 1 is 1.04 bits per heavy atom. The lowest BCUT2D eigenvalue weighted by Crippen LogP contribution is -2.28. The minimum Gasteiger partial charge on any atom is -0.465 e. The number of nitrogens with zero attached hydrogens (tertiary/aromatic N) is 2. The smallest absolute Gasteiger partial charge is 0.341 e. The summed E-state index contributed by atoms with van der Waals surface area (Å²) in [6.07, 6.45) is 2.98. The van der Waals surface area contributed by atoms with Crippen molar-refractivity contribution in [2.24, 2.45) is 0 Å². The van der Waals surface area contributed by atoms with E-state index in [1.807, 2.05) is 0 Å². The first-order chi connectivity index (χ1) is 12.5. The highest BCUT2D eigenvalue weighted by Gasteiger charge is 2.22. The van der Waals surface area contributed by atoms with Gasteiger partial charge in [-0.1, -0.05) is 0 Å². The lowest BCUT2D eigenvalue weighted by molar-refractivity contribution is 0.0600. The number of pyridine rings is 1. The Kier molecular flexibility index (Phi) is 3.32. The molecule has 0 unspecified atom stereocenters. The number of ether oxygens (including phenoxy) is 1. The number of esters is 1. The minimum atomic E-state index is -0.776. The average molecular weight is 353 g/mol. The van der Waals surface area contributed by atoms with E-state index in [2.05, 4.69) is 20.2 Å². The highest BCUT2D eigenvalue weighted by Crippen LogP contribution is 2.23. The number of hydrogen-bond acceptors (Lipinski definition) is 6. The maximum atomic E-state index is 12.0. The van der Waals surface area contributed by atoms with Gasteiger partial charge in [-0.3, -0.25) is 14.4 Å². The largest absolute Gasteiger partial charge is 0.465 e. The number of aromatic amines is 3. The third-order valence-corrected chi connectivity index (χ3v) is 3.97. The molecule has 1 aromatic heterocycles. The molecule has 3 heterocycles. The molecule has 2 aromatic rings. The number of fused-ring (bicyclic) bond motifs is 2. The van der Waals surface area contributed by atoms with Crippen LogP contribution in [0.1, 0.15) is 10.4 Å². The average Bonchev–Trinajstić information content (AvgIpc) is 3.02. The van der Waals surface area contributed by atoms with E-state index in [0.717, 1.165) is 0 Å². The van der Waals surface area contributed by atoms with Gasteiger partial charge in [0.15, 0.2) is 0 Å². The molecule has 0 aliphatic carbocycles. The number of hydrogen-bond donors (Lipinski definition) is 3. The maximum absolute atomic E-state index is 12.0. The second-order valence-electron chi connectivity index (χ2n) is 5.52. The van der Waals surface area contributed by atoms with Gasteiger partial charge in [-0.15, -0.1) is 0 Å². The Balaban J connectivity index is 1.99. The number of nitrogens with one attached hydrogen (secondary N) is 3. The van der Waals surface area contributed by atoms with Gasteiger partial charge in [0.2, 0.25) is 0 Å². The van der Waals surface area contributed by atoms with Crippen LogP contribution in [0.5, 0.6) is 0 Å². The van der Waals surface area contributed by atoms with E-state index >= 15 is 0 Å². The Hall–Kier alpha value is -3.95. The van der Waals surface area contributed by atoms with Crippen LogP contribution in [0.2, 0.25) is 0 Å². The molecule has 10 heteroatoms. The van der Waals surface area contributed by atoms with Crippen molar-refractivity contribution in [1.82, 2.24) is 24.7 Å². The van der Waals surface area contributed by atoms with Crippen LogP contribution in [0.15, 0.2) is 45.0 Å². The van der Waals surface area contributed by atoms with Crippen LogP contribution in [0.25, 0.3) is 28.0 Å². The first kappa shape index (κ1) is 15.6. The van der Waals surface area contributed by atoms with Gasteiger partial charge in [0.05, 0.1) is 23.7 Å². The monoisotopic (exact) mass is 353 g/mol. The summed E-state index contributed by atoms with van der Waals surface area (Å²) < 4.78 is 6.28. The molecule has 10 nitrogen and oxygen atoms in total. The molecular formula is C16H11N5O5. The molecule has 0 atom stereocenters. The van der Waals surface area contributed by atoms with Crippen LogP contribution < -0.4 is 16.7 Å². The van der Waals surface area contributed by atoms with Crippen molar-refractivity contribution >= 4 is 17.0 Å². The number of methoxy groups -OCH3 is 1. The van der Waals surface area contributed by atoms with Crippen molar-refractivity contribution in [3.8, 4) is 16.9 Å². The number of H-pyrrole nitrogens is 3. The molecular weight excluding hydrogens is 342 g/mol. The summed E-state index contributed by atoms with van der Waals surface area (Å²) in [5.41, 5.74) is -0.0532. The number of benzene rings is 1. The summed E-state index contributed by atoms with van der Waals surface area (Å²) in [5.74, 6) is -0.644. The van der Waals surface area contributed by atoms with Crippen LogP contribution in [0, 0.1) is 0 Å². The number of aromatic nitrogens is 5. The Morgan fingerprint density at radius 3 is 2.50 bits per heavy atom. The predicted octanol–water partition coefficient (Wildman–Crippen LogP) is -0.0182. The van der Waals surface area contributed by atoms with E-state index < -0.39 is 22.6 Å². The van der Waals surface area contributed by atoms with Crippen LogP contribution in [0.4, 0.5) is 0 Å². The van der Waals surface area contributed by atoms with Crippen LogP contribution in [-0.4, -0.2) is 37.8 Å². The van der Waals surface area contributed by atoms with Gasteiger partial charge in [0, 0.05) is 18.1 Å². The predicted molar refractivity (Wildman–Crippen MR) is 90.9 cm³/mol. The van der Waals surface area contributed by atoms with E-state index in [0.29, 0.717) is 16.7 Å². The van der Waals surface area contributed by atoms with Crippen LogP contribution in [0.3, 0.4) is 0 Å². The third-order valence-electron chi connectivity index (χ3n) is 3.97. The molecule has 26 heavy (non-hydrogen) atoms. The standard InChI is InChI=1S/C16H11N5O5/c1-26-16(25)9-6-21(5-8-12(9)19-20-13(8)22)7-2-3-10-11(4-7)18-15(24)14(23)17-10/h2-6H,1H3,(H,17,23)(H,18,24)(H,20,22). The lowest BCUT2D eigenvalue weighted by Gasteiger charge is -2.12. The summed E-state index contributed by atoms with van der Waals surface area (Å²) >= 11 is 0. The fourth-order valence-electron chi connectivity index (χ4n) is 2.71. The zero-order chi connectivity index (χ0) is 18.4. The summed E-state index contributed by atoms with van der Waals surface area (Å²) in [6.45, 7) is 0. The fraction of sp³-hybridized carbons (Fsp3) is 0.0625. The van der Waals surface area contributed by atoms with Crippen LogP contribution >= 0.6 is 0 Å². The van der Waals surface area contributed by atoms with Gasteiger partial charge in [-0.05, 0) is 18.2 Å². The summed E-state index contributed by atoms with van der Waals surface area (Å²) in [6, 6.07) is 4.86. The fourth-order valence-corrected chi connectivity index (χ4v) is 2.71. The van der Waals surface area contributed by atoms with Crippen molar-refractivity contribution in [2.75, 3.05) is 7.11 Å². The third kappa shape index (κ3) is 2.32. The number of carbonyl (C=O) groups is 1. The zero-order valence-corrected chi connectivity index (χ0v) is 13.3. The van der Waals surface area contributed by atoms with Crippen molar-refractivity contribution in [3.05, 3.63) is 67.2 Å². The molecule has 0 spiro atoms. The summed E-state index contributed by atoms with van der Waals surface area (Å²) in [7, 11) is 1.23. The van der Waals surface area contributed by atoms with Gasteiger partial charge in [-0.25, -0.2) is 9.89 Å². The lowest BCUT2D eigenvalue weighted by atomic mass is 10.1. The molecule has 3 N–H and O–H groups in total. The summed E-state index contributed by atoms with van der Waals surface area (Å²) in [4.78, 5) is 51.8. The van der Waals surface area contributed by atoms with Crippen molar-refractivity contribution < 1.29 is 9.53 Å². The normalized spacial score (nSPS) is 11.1. The highest BCUT2D eigenvalue weighted by atomic mass is 16.5. The van der Waals surface area contributed by atoms with E-state index in [1.54, 1.807) is 18.2 Å². The number of rotatable bonds is 2. The topological polar surface area (TPSA) is 143 Å². The van der Waals surface area contributed by atoms with Gasteiger partial charge in [0.1, 0.15) is 11.3 Å². The molecule has 4 rings (SSSR count). The maximum Gasteiger partial charge on any atom is 0.341 e. The van der Waals surface area contributed by atoms with Gasteiger partial charge < -0.3 is 19.3 Å². The van der Waals surface area contributed by atoms with E-state index in [1.165, 1.54) is 24.1 Å². The highest BCUT2D eigenvalue weighted by molar-refractivity contribution is 5.96. The molecule has 0 saturated heterocycles. The molecule has 2 aliphatic rings. The molecule has 0 fully saturated rings. The Labute approximate surface area is 143 Å². The van der Waals surface area contributed by atoms with Crippen molar-refractivity contribution in [1.29, 1.82) is 0 Å². The quantitative estimate of drug-likeness (QED) is 0.341. The summed E-state index contributed by atoms with van der Waals surface area (Å²) in [5, 5.41) is 6.16. The molecule has 2 aliphatic heterocycles. The first-order valence-electron chi connectivity index (χ1n) is 7.43. The molecule has 0 bridgehead atoms. The number of carbonyl (C=O) groups excluding carboxylic acids is 1. The van der Waals surface area contributed by atoms with E-state index in [4.69, 9.17) is 4.74 Å². The minimum absolute atomic E-state index is 0.110. The Morgan fingerprint density at radius 2 is 1.77 bits per heavy atom. The molecule has 0 saturated carbocycles. The zero-order valence-electron chi connectivity index (χ0n) is 13.3. The SMILES string of the molecule is COC(=O)c1cn(-c2ccc3[nH]c(=O)c(=O)[nH]c3c2)cc2c(=O)[nH]nc1-2. The second kappa shape index (κ2) is 5.55. The van der Waals surface area contributed by atoms with Crippen molar-refractivity contribution in [2.45, 2.75) is 0 Å². The van der Waals surface area contributed by atoms with E-state index in [-0.39, 0.29) is 16.8 Å². The molecule has 1 aromatic carbocycles. The van der Waals surface area contributed by atoms with Gasteiger partial charge in [0.25, 0.3) is 5.56 Å². The van der Waals surface area contributed by atoms with Gasteiger partial charge >= 0.3 is 17.1 Å². The second-order valence-corrected chi connectivity index (χ2v) is 5.52. The first-order valence-corrected chi connectivity index (χ1v) is 7.43. The molecule has 0 amide bonds. The Bertz CT molecular complexity index is 1310. The van der Waals surface area contributed by atoms with E-state index in [9.17, 15) is 19.2 Å². The molecule has 0 radical (unpaired) electrons. The van der Waals surface area contributed by atoms with Crippen LogP contribution in [-0.2, 0) is 4.74 Å². The van der Waals surface area contributed by atoms with Crippen molar-refractivity contribution in [3.63, 3.8) is 0 Å².